The average Bonchev–Trinajstić information content (AvgIpc) is 3.25. The van der Waals surface area contributed by atoms with E-state index >= 15 is 0 Å². The van der Waals surface area contributed by atoms with Crippen LogP contribution >= 0.6 is 46.1 Å². The molecular formula is C22H13Cl3N2O3S. The van der Waals surface area contributed by atoms with Crippen LogP contribution in [0.3, 0.4) is 0 Å². The molecule has 0 unspecified atom stereocenters. The maximum absolute atomic E-state index is 12.0. The zero-order valence-corrected chi connectivity index (χ0v) is 18.7. The molecule has 9 heteroatoms. The monoisotopic (exact) mass is 490 g/mol. The Bertz CT molecular complexity index is 1310. The predicted octanol–water partition coefficient (Wildman–Crippen LogP) is 6.50. The Morgan fingerprint density at radius 2 is 1.71 bits per heavy atom. The topological polar surface area (TPSA) is 89.9 Å². The molecule has 0 radical (unpaired) electrons. The lowest BCUT2D eigenvalue weighted by atomic mass is 9.96. The molecule has 3 N–H and O–H groups in total. The first-order valence-corrected chi connectivity index (χ1v) is 10.9. The van der Waals surface area contributed by atoms with E-state index in [9.17, 15) is 15.1 Å². The first kappa shape index (κ1) is 21.8. The summed E-state index contributed by atoms with van der Waals surface area (Å²) in [4.78, 5) is 16.6. The van der Waals surface area contributed by atoms with Gasteiger partial charge in [0.2, 0.25) is 0 Å². The summed E-state index contributed by atoms with van der Waals surface area (Å²) in [5.74, 6) is -1.12. The minimum absolute atomic E-state index is 0.0501. The van der Waals surface area contributed by atoms with Crippen molar-refractivity contribution >= 4 is 57.8 Å². The lowest BCUT2D eigenvalue weighted by Gasteiger charge is -2.12. The minimum atomic E-state index is -1.12. The molecule has 0 saturated heterocycles. The molecule has 0 bridgehead atoms. The van der Waals surface area contributed by atoms with Crippen LogP contribution in [0.5, 0.6) is 0 Å². The standard InChI is InChI=1S/C22H13Cl3N2O3S/c23-13-3-6-19(27-30)15(9-13)14-4-1-12(7-16(14)22(28)29)21-26-20(10-31-21)11-2-5-17(24)18(25)8-11/h1-10H,27H2,(H,28,29). The van der Waals surface area contributed by atoms with Crippen molar-refractivity contribution in [3.05, 3.63) is 85.8 Å². The lowest BCUT2D eigenvalue weighted by Crippen LogP contribution is -2.70. The number of quaternary nitrogens is 1. The molecule has 0 amide bonds. The molecule has 31 heavy (non-hydrogen) atoms. The SMILES string of the molecule is O=C(O)c1cc(-c2nc(-c3ccc(Cl)c(Cl)c3)cs2)ccc1-c1cc(Cl)ccc1[NH2+][O-]. The molecule has 0 aliphatic heterocycles. The first-order valence-electron chi connectivity index (χ1n) is 8.91. The van der Waals surface area contributed by atoms with Crippen LogP contribution in [0, 0.1) is 5.21 Å². The number of aromatic carboxylic acids is 1. The van der Waals surface area contributed by atoms with E-state index in [1.807, 2.05) is 11.4 Å². The highest BCUT2D eigenvalue weighted by molar-refractivity contribution is 7.13. The molecule has 0 fully saturated rings. The predicted molar refractivity (Wildman–Crippen MR) is 125 cm³/mol. The van der Waals surface area contributed by atoms with Gasteiger partial charge in [-0.1, -0.05) is 53.0 Å². The second kappa shape index (κ2) is 8.96. The first-order chi connectivity index (χ1) is 14.9. The Labute approximate surface area is 196 Å². The van der Waals surface area contributed by atoms with Crippen molar-refractivity contribution in [2.75, 3.05) is 0 Å². The number of hydrogen-bond acceptors (Lipinski definition) is 4. The van der Waals surface area contributed by atoms with Crippen LogP contribution in [-0.4, -0.2) is 16.1 Å². The number of thiazole rings is 1. The maximum atomic E-state index is 12.0. The van der Waals surface area contributed by atoms with E-state index in [0.29, 0.717) is 53.6 Å². The van der Waals surface area contributed by atoms with Gasteiger partial charge in [-0.25, -0.2) is 9.78 Å². The molecule has 4 aromatic rings. The normalized spacial score (nSPS) is 11.0. The maximum Gasteiger partial charge on any atom is 0.336 e. The van der Waals surface area contributed by atoms with Gasteiger partial charge in [0.25, 0.3) is 0 Å². The third-order valence-electron chi connectivity index (χ3n) is 4.65. The number of benzene rings is 3. The molecule has 1 heterocycles. The van der Waals surface area contributed by atoms with Gasteiger partial charge in [-0.2, -0.15) is 0 Å². The third-order valence-corrected chi connectivity index (χ3v) is 6.51. The Morgan fingerprint density at radius 1 is 0.935 bits per heavy atom. The van der Waals surface area contributed by atoms with Gasteiger partial charge in [0.15, 0.2) is 0 Å². The quantitative estimate of drug-likeness (QED) is 0.246. The number of nitrogens with zero attached hydrogens (tertiary/aromatic N) is 1. The van der Waals surface area contributed by atoms with Gasteiger partial charge in [-0.3, -0.25) is 0 Å². The highest BCUT2D eigenvalue weighted by Gasteiger charge is 2.18. The van der Waals surface area contributed by atoms with E-state index < -0.39 is 5.97 Å². The number of carboxylic acids is 1. The van der Waals surface area contributed by atoms with Crippen molar-refractivity contribution in [2.24, 2.45) is 0 Å². The summed E-state index contributed by atoms with van der Waals surface area (Å²) in [5.41, 5.74) is 4.11. The van der Waals surface area contributed by atoms with Gasteiger partial charge in [0, 0.05) is 38.7 Å². The largest absolute Gasteiger partial charge is 0.630 e. The van der Waals surface area contributed by atoms with Crippen LogP contribution in [0.2, 0.25) is 15.1 Å². The van der Waals surface area contributed by atoms with Crippen LogP contribution < -0.4 is 5.48 Å². The number of rotatable bonds is 5. The molecule has 156 valence electrons. The van der Waals surface area contributed by atoms with E-state index in [-0.39, 0.29) is 5.56 Å². The van der Waals surface area contributed by atoms with Crippen LogP contribution in [-0.2, 0) is 0 Å². The van der Waals surface area contributed by atoms with E-state index in [2.05, 4.69) is 4.98 Å². The van der Waals surface area contributed by atoms with Crippen LogP contribution in [0.25, 0.3) is 33.0 Å². The Morgan fingerprint density at radius 3 is 2.42 bits per heavy atom. The summed E-state index contributed by atoms with van der Waals surface area (Å²) < 4.78 is 0. The molecule has 4 rings (SSSR count). The van der Waals surface area contributed by atoms with E-state index in [4.69, 9.17) is 34.8 Å². The van der Waals surface area contributed by atoms with Crippen LogP contribution in [0.4, 0.5) is 5.69 Å². The summed E-state index contributed by atoms with van der Waals surface area (Å²) in [6, 6.07) is 15.0. The highest BCUT2D eigenvalue weighted by atomic mass is 35.5. The summed E-state index contributed by atoms with van der Waals surface area (Å²) in [6.45, 7) is 0. The number of carboxylic acid groups (broad SMARTS) is 1. The van der Waals surface area contributed by atoms with Crippen molar-refractivity contribution in [3.63, 3.8) is 0 Å². The molecule has 0 spiro atoms. The van der Waals surface area contributed by atoms with Gasteiger partial charge < -0.3 is 15.8 Å². The number of nitrogens with two attached hydrogens (primary N) is 1. The summed E-state index contributed by atoms with van der Waals surface area (Å²) >= 11 is 19.5. The molecule has 0 aliphatic carbocycles. The Balaban J connectivity index is 1.77. The molecule has 5 nitrogen and oxygen atoms in total. The van der Waals surface area contributed by atoms with Gasteiger partial charge >= 0.3 is 5.97 Å². The third kappa shape index (κ3) is 4.45. The van der Waals surface area contributed by atoms with E-state index in [1.165, 1.54) is 11.3 Å². The zero-order chi connectivity index (χ0) is 22.1. The van der Waals surface area contributed by atoms with Crippen molar-refractivity contribution in [1.29, 1.82) is 0 Å². The van der Waals surface area contributed by atoms with E-state index in [0.717, 1.165) is 5.56 Å². The number of halogens is 3. The van der Waals surface area contributed by atoms with Crippen molar-refractivity contribution in [3.8, 4) is 33.0 Å². The minimum Gasteiger partial charge on any atom is -0.630 e. The van der Waals surface area contributed by atoms with Gasteiger partial charge in [-0.05, 0) is 30.3 Å². The number of aromatic nitrogens is 1. The second-order valence-electron chi connectivity index (χ2n) is 6.58. The number of hydrogen-bond donors (Lipinski definition) is 2. The molecule has 1 aromatic heterocycles. The summed E-state index contributed by atoms with van der Waals surface area (Å²) in [7, 11) is 0. The van der Waals surface area contributed by atoms with Crippen LogP contribution in [0.15, 0.2) is 60.0 Å². The van der Waals surface area contributed by atoms with E-state index in [1.54, 1.807) is 48.5 Å². The number of carbonyl (C=O) groups is 1. The molecular weight excluding hydrogens is 479 g/mol. The van der Waals surface area contributed by atoms with Crippen molar-refractivity contribution in [2.45, 2.75) is 0 Å². The Hall–Kier alpha value is -2.45. The van der Waals surface area contributed by atoms with Gasteiger partial charge in [0.05, 0.1) is 21.3 Å². The molecule has 0 aliphatic rings. The fourth-order valence-electron chi connectivity index (χ4n) is 3.15. The molecule has 0 atom stereocenters. The Kier molecular flexibility index (Phi) is 6.29. The van der Waals surface area contributed by atoms with Crippen molar-refractivity contribution < 1.29 is 15.4 Å². The molecule has 3 aromatic carbocycles. The van der Waals surface area contributed by atoms with Gasteiger partial charge in [-0.15, -0.1) is 11.3 Å². The average molecular weight is 492 g/mol. The zero-order valence-electron chi connectivity index (χ0n) is 15.6. The van der Waals surface area contributed by atoms with Gasteiger partial charge in [0.1, 0.15) is 10.7 Å². The van der Waals surface area contributed by atoms with Crippen molar-refractivity contribution in [1.82, 2.24) is 4.98 Å². The smallest absolute Gasteiger partial charge is 0.336 e. The lowest BCUT2D eigenvalue weighted by molar-refractivity contribution is -0.496. The summed E-state index contributed by atoms with van der Waals surface area (Å²) in [6.07, 6.45) is 0. The fraction of sp³-hybridized carbons (Fsp3) is 0. The second-order valence-corrected chi connectivity index (χ2v) is 8.69. The summed E-state index contributed by atoms with van der Waals surface area (Å²) in [5, 5.41) is 25.1. The van der Waals surface area contributed by atoms with Crippen LogP contribution in [0.1, 0.15) is 10.4 Å². The highest BCUT2D eigenvalue weighted by Crippen LogP contribution is 2.36. The molecule has 0 saturated carbocycles. The fourth-order valence-corrected chi connectivity index (χ4v) is 4.44.